The molecule has 6 rings (SSSR count). The largest absolute Gasteiger partial charge is 0.545 e. The number of carbonyl (C=O) groups is 6. The summed E-state index contributed by atoms with van der Waals surface area (Å²) in [6, 6.07) is 16.8. The molecule has 2 aliphatic heterocycles. The van der Waals surface area contributed by atoms with E-state index in [0.29, 0.717) is 36.5 Å². The van der Waals surface area contributed by atoms with Crippen LogP contribution in [0.1, 0.15) is 27.7 Å². The maximum atomic E-state index is 9.41. The van der Waals surface area contributed by atoms with Gasteiger partial charge in [-0.25, -0.2) is 9.97 Å². The van der Waals surface area contributed by atoms with Crippen LogP contribution in [0.25, 0.3) is 22.1 Å². The van der Waals surface area contributed by atoms with E-state index in [-0.39, 0.29) is 0 Å². The summed E-state index contributed by atoms with van der Waals surface area (Å²) < 4.78 is 15.7. The van der Waals surface area contributed by atoms with Crippen molar-refractivity contribution in [1.29, 1.82) is 0 Å². The van der Waals surface area contributed by atoms with Crippen LogP contribution in [-0.4, -0.2) is 157 Å². The van der Waals surface area contributed by atoms with Gasteiger partial charge in [-0.1, -0.05) is 38.1 Å². The fourth-order valence-corrected chi connectivity index (χ4v) is 6.59. The number of nitrogens with zero attached hydrogens (tertiary/aromatic N) is 8. The Kier molecular flexibility index (Phi) is 26.6. The highest BCUT2D eigenvalue weighted by atomic mass is 16.5. The maximum absolute atomic E-state index is 9.41. The molecule has 22 heteroatoms. The Bertz CT molecular complexity index is 2050. The second-order valence-corrected chi connectivity index (χ2v) is 14.3. The molecule has 0 unspecified atom stereocenters. The lowest BCUT2D eigenvalue weighted by molar-refractivity contribution is -0.301. The zero-order valence-electron chi connectivity index (χ0n) is 38.7. The number of para-hydroxylation sites is 4. The number of piperazine rings is 2. The Morgan fingerprint density at radius 2 is 0.750 bits per heavy atom. The molecule has 0 radical (unpaired) electrons. The van der Waals surface area contributed by atoms with Gasteiger partial charge < -0.3 is 97.6 Å². The van der Waals surface area contributed by atoms with E-state index in [1.54, 1.807) is 0 Å². The summed E-state index contributed by atoms with van der Waals surface area (Å²) >= 11 is 0. The summed E-state index contributed by atoms with van der Waals surface area (Å²) in [5, 5.41) is 56.5. The molecular weight excluding hydrogens is 889 g/mol. The minimum absolute atomic E-state index is 0.384. The van der Waals surface area contributed by atoms with Crippen LogP contribution in [0.3, 0.4) is 0 Å². The minimum Gasteiger partial charge on any atom is -0.545 e. The van der Waals surface area contributed by atoms with E-state index in [1.807, 2.05) is 13.8 Å². The monoisotopic (exact) mass is 946 g/mol. The number of ether oxygens (including phenoxy) is 2. The van der Waals surface area contributed by atoms with E-state index in [4.69, 9.17) is 19.4 Å². The van der Waals surface area contributed by atoms with Gasteiger partial charge in [0, 0.05) is 78.7 Å². The van der Waals surface area contributed by atoms with Gasteiger partial charge in [-0.05, 0) is 87.7 Å². The van der Waals surface area contributed by atoms with Crippen LogP contribution in [0.2, 0.25) is 0 Å². The summed E-state index contributed by atoms with van der Waals surface area (Å²) in [5.74, 6) is -7.09. The highest BCUT2D eigenvalue weighted by Crippen LogP contribution is 2.25. The van der Waals surface area contributed by atoms with Crippen molar-refractivity contribution < 1.29 is 68.9 Å². The van der Waals surface area contributed by atoms with Gasteiger partial charge in [0.1, 0.15) is 0 Å². The number of carboxylic acid groups (broad SMARTS) is 6. The smallest absolute Gasteiger partial charge is 0.206 e. The van der Waals surface area contributed by atoms with Gasteiger partial charge in [0.2, 0.25) is 11.9 Å². The predicted molar refractivity (Wildman–Crippen MR) is 239 cm³/mol. The third kappa shape index (κ3) is 21.4. The van der Waals surface area contributed by atoms with Gasteiger partial charge >= 0.3 is 0 Å². The van der Waals surface area contributed by atoms with E-state index in [0.717, 1.165) is 128 Å². The standard InChI is InChI=1S/2C17H26N4O.3C4H4O4/c2*1-3-19-9-11-20(12-10-19)17-18-15-7-5-6-8-16(15)21(17)13-14-22-4-2;3*5-3(6)1-2-4(7)8/h2*5-8H,3-4,9-14H2,1-2H3;3*1-2H,(H,5,6)(H,7,8)/p-6/b;;3*2-1+. The van der Waals surface area contributed by atoms with Crippen LogP contribution in [0, 0.1) is 0 Å². The number of fused-ring (bicyclic) bond motifs is 2. The molecule has 2 aromatic heterocycles. The lowest BCUT2D eigenvalue weighted by atomic mass is 10.3. The van der Waals surface area contributed by atoms with E-state index in [2.05, 4.69) is 91.1 Å². The van der Waals surface area contributed by atoms with Crippen molar-refractivity contribution >= 4 is 69.8 Å². The van der Waals surface area contributed by atoms with E-state index in [9.17, 15) is 59.4 Å². The Morgan fingerprint density at radius 3 is 1.00 bits per heavy atom. The van der Waals surface area contributed by atoms with Crippen molar-refractivity contribution in [2.45, 2.75) is 40.8 Å². The van der Waals surface area contributed by atoms with E-state index in [1.165, 1.54) is 11.0 Å². The first-order chi connectivity index (χ1) is 32.5. The van der Waals surface area contributed by atoms with Gasteiger partial charge in [-0.3, -0.25) is 0 Å². The number of aliphatic carboxylic acids is 6. The summed E-state index contributed by atoms with van der Waals surface area (Å²) in [5.41, 5.74) is 4.56. The van der Waals surface area contributed by atoms with Crippen LogP contribution in [0.5, 0.6) is 0 Å². The number of hydrogen-bond donors (Lipinski definition) is 0. The molecule has 0 N–H and O–H groups in total. The molecule has 0 spiro atoms. The number of rotatable bonds is 18. The van der Waals surface area contributed by atoms with Gasteiger partial charge in [0.15, 0.2) is 0 Å². The third-order valence-corrected chi connectivity index (χ3v) is 9.87. The number of carboxylic acids is 6. The number of benzene rings is 2. The molecule has 2 fully saturated rings. The highest BCUT2D eigenvalue weighted by Gasteiger charge is 2.23. The van der Waals surface area contributed by atoms with E-state index < -0.39 is 35.8 Å². The van der Waals surface area contributed by atoms with Gasteiger partial charge in [-0.15, -0.1) is 0 Å². The molecular formula is C46H58N8O14-6. The number of carbonyl (C=O) groups excluding carboxylic acids is 6. The minimum atomic E-state index is -1.55. The summed E-state index contributed by atoms with van der Waals surface area (Å²) in [6.45, 7) is 24.2. The zero-order valence-corrected chi connectivity index (χ0v) is 38.7. The molecule has 2 saturated heterocycles. The lowest BCUT2D eigenvalue weighted by Crippen LogP contribution is -2.47. The van der Waals surface area contributed by atoms with Crippen LogP contribution in [0.15, 0.2) is 85.0 Å². The fourth-order valence-electron chi connectivity index (χ4n) is 6.59. The van der Waals surface area contributed by atoms with Gasteiger partial charge in [0.05, 0.1) is 71.1 Å². The molecule has 372 valence electrons. The van der Waals surface area contributed by atoms with Crippen LogP contribution >= 0.6 is 0 Å². The second kappa shape index (κ2) is 31.7. The molecule has 0 saturated carbocycles. The Balaban J connectivity index is 0.000000320. The highest BCUT2D eigenvalue weighted by molar-refractivity contribution is 5.89. The predicted octanol–water partition coefficient (Wildman–Crippen LogP) is -4.44. The topological polar surface area (TPSA) is 308 Å². The number of likely N-dealkylation sites (N-methyl/N-ethyl adjacent to an activating group) is 2. The molecule has 0 bridgehead atoms. The van der Waals surface area contributed by atoms with Crippen LogP contribution in [-0.2, 0) is 51.3 Å². The first-order valence-corrected chi connectivity index (χ1v) is 21.9. The molecule has 0 atom stereocenters. The zero-order chi connectivity index (χ0) is 50.4. The normalized spacial score (nSPS) is 14.1. The summed E-state index contributed by atoms with van der Waals surface area (Å²) in [4.78, 5) is 76.1. The van der Waals surface area contributed by atoms with Crippen molar-refractivity contribution in [2.75, 3.05) is 102 Å². The Morgan fingerprint density at radius 1 is 0.471 bits per heavy atom. The molecule has 4 heterocycles. The molecule has 68 heavy (non-hydrogen) atoms. The number of imidazole rings is 2. The molecule has 4 aromatic rings. The average Bonchev–Trinajstić information content (AvgIpc) is 3.89. The lowest BCUT2D eigenvalue weighted by Gasteiger charge is -2.34. The van der Waals surface area contributed by atoms with Gasteiger partial charge in [0.25, 0.3) is 0 Å². The quantitative estimate of drug-likeness (QED) is 0.0671. The number of hydrogen-bond acceptors (Lipinski definition) is 20. The van der Waals surface area contributed by atoms with E-state index >= 15 is 0 Å². The van der Waals surface area contributed by atoms with Gasteiger partial charge in [-0.2, -0.15) is 0 Å². The first kappa shape index (κ1) is 57.0. The molecule has 2 aromatic carbocycles. The van der Waals surface area contributed by atoms with Crippen molar-refractivity contribution in [1.82, 2.24) is 28.9 Å². The van der Waals surface area contributed by atoms with Crippen molar-refractivity contribution in [2.24, 2.45) is 0 Å². The maximum Gasteiger partial charge on any atom is 0.206 e. The van der Waals surface area contributed by atoms with Crippen LogP contribution in [0.4, 0.5) is 11.9 Å². The number of anilines is 2. The van der Waals surface area contributed by atoms with Crippen LogP contribution < -0.4 is 40.4 Å². The summed E-state index contributed by atoms with van der Waals surface area (Å²) in [7, 11) is 0. The SMILES string of the molecule is CCOCCn1c(N2CCN(CC)CC2)nc2ccccc21.CCOCCn1c(N2CCN(CC)CC2)nc2ccccc21.O=C([O-])/C=C/C(=O)[O-].O=C([O-])/C=C/C(=O)[O-].O=C([O-])/C=C/C(=O)[O-]. The Hall–Kier alpha value is -7.14. The first-order valence-electron chi connectivity index (χ1n) is 21.9. The molecule has 0 aliphatic carbocycles. The van der Waals surface area contributed by atoms with Crippen molar-refractivity contribution in [3.8, 4) is 0 Å². The third-order valence-electron chi connectivity index (χ3n) is 9.87. The average molecular weight is 947 g/mol. The summed E-state index contributed by atoms with van der Waals surface area (Å²) in [6.07, 6.45) is 2.31. The molecule has 22 nitrogen and oxygen atoms in total. The van der Waals surface area contributed by atoms with Crippen molar-refractivity contribution in [3.63, 3.8) is 0 Å². The molecule has 2 aliphatic rings. The molecule has 0 amide bonds. The fraction of sp³-hybridized carbons (Fsp3) is 0.435. The number of aromatic nitrogens is 4. The Labute approximate surface area is 394 Å². The second-order valence-electron chi connectivity index (χ2n) is 14.3. The van der Waals surface area contributed by atoms with Crippen molar-refractivity contribution in [3.05, 3.63) is 85.0 Å².